The first-order valence-electron chi connectivity index (χ1n) is 12.8. The van der Waals surface area contributed by atoms with Gasteiger partial charge in [-0.15, -0.1) is 0 Å². The van der Waals surface area contributed by atoms with Crippen molar-refractivity contribution in [3.8, 4) is 11.3 Å². The number of halogens is 1. The maximum absolute atomic E-state index is 14.8. The number of likely N-dealkylation sites (N-methyl/N-ethyl adjacent to an activating group) is 1. The zero-order valence-corrected chi connectivity index (χ0v) is 21.4. The average molecular weight is 491 g/mol. The van der Waals surface area contributed by atoms with Crippen molar-refractivity contribution in [2.24, 2.45) is 5.92 Å². The number of piperazine rings is 1. The van der Waals surface area contributed by atoms with E-state index in [-0.39, 0.29) is 24.1 Å². The van der Waals surface area contributed by atoms with Crippen molar-refractivity contribution in [3.63, 3.8) is 0 Å². The highest BCUT2D eigenvalue weighted by Crippen LogP contribution is 2.39. The fourth-order valence-corrected chi connectivity index (χ4v) is 5.23. The van der Waals surface area contributed by atoms with Crippen LogP contribution < -0.4 is 10.6 Å². The molecule has 1 fully saturated rings. The van der Waals surface area contributed by atoms with Gasteiger partial charge in [0.05, 0.1) is 23.6 Å². The Kier molecular flexibility index (Phi) is 7.07. The molecule has 7 nitrogen and oxygen atoms in total. The molecule has 36 heavy (non-hydrogen) atoms. The summed E-state index contributed by atoms with van der Waals surface area (Å²) in [4.78, 5) is 22.1. The minimum absolute atomic E-state index is 0.195. The highest BCUT2D eigenvalue weighted by molar-refractivity contribution is 5.93. The molecule has 8 heteroatoms. The van der Waals surface area contributed by atoms with Crippen molar-refractivity contribution in [2.75, 3.05) is 56.9 Å². The number of rotatable bonds is 6. The monoisotopic (exact) mass is 490 g/mol. The van der Waals surface area contributed by atoms with Crippen LogP contribution in [-0.4, -0.2) is 71.6 Å². The molecule has 1 atom stereocenters. The van der Waals surface area contributed by atoms with E-state index in [1.54, 1.807) is 12.1 Å². The second-order valence-corrected chi connectivity index (χ2v) is 9.94. The molecule has 5 rings (SSSR count). The van der Waals surface area contributed by atoms with Crippen LogP contribution in [0.3, 0.4) is 0 Å². The molecule has 190 valence electrons. The molecule has 1 aromatic carbocycles. The molecule has 1 amide bonds. The number of aromatic nitrogens is 2. The standard InChI is InChI=1S/C28H35FN6O/c1-4-20-16-19(2)6-5-7-22(20)26-27(35-11-10-30-28(35)32-26)21-8-9-23(29)24(17-21)31-25(36)18-34-14-12-33(3)13-15-34/h5-9,16-17,20H,4,10-15,18H2,1-3H3,(H,30,32)(H,31,36). The normalized spacial score (nSPS) is 20.4. The number of nitrogens with zero attached hydrogens (tertiary/aromatic N) is 4. The first-order chi connectivity index (χ1) is 17.4. The number of benzene rings is 1. The summed E-state index contributed by atoms with van der Waals surface area (Å²) < 4.78 is 17.0. The smallest absolute Gasteiger partial charge is 0.238 e. The Bertz CT molecular complexity index is 1230. The summed E-state index contributed by atoms with van der Waals surface area (Å²) in [5.74, 6) is 0.430. The van der Waals surface area contributed by atoms with Crippen molar-refractivity contribution >= 4 is 23.1 Å². The first-order valence-corrected chi connectivity index (χ1v) is 12.8. The maximum atomic E-state index is 14.8. The minimum atomic E-state index is -0.437. The van der Waals surface area contributed by atoms with Gasteiger partial charge in [-0.25, -0.2) is 9.37 Å². The summed E-state index contributed by atoms with van der Waals surface area (Å²) in [5.41, 5.74) is 5.28. The average Bonchev–Trinajstić information content (AvgIpc) is 3.39. The van der Waals surface area contributed by atoms with Gasteiger partial charge in [-0.2, -0.15) is 0 Å². The molecule has 2 aromatic rings. The molecule has 0 spiro atoms. The third-order valence-electron chi connectivity index (χ3n) is 7.27. The van der Waals surface area contributed by atoms with E-state index >= 15 is 0 Å². The van der Waals surface area contributed by atoms with Gasteiger partial charge in [0.2, 0.25) is 11.9 Å². The number of nitrogens with one attached hydrogen (secondary N) is 2. The molecule has 0 saturated carbocycles. The lowest BCUT2D eigenvalue weighted by Crippen LogP contribution is -2.47. The zero-order chi connectivity index (χ0) is 25.2. The summed E-state index contributed by atoms with van der Waals surface area (Å²) in [7, 11) is 2.08. The molecule has 0 bridgehead atoms. The lowest BCUT2D eigenvalue weighted by atomic mass is 9.90. The third-order valence-corrected chi connectivity index (χ3v) is 7.27. The summed E-state index contributed by atoms with van der Waals surface area (Å²) in [6.07, 6.45) is 9.57. The predicted octanol–water partition coefficient (Wildman–Crippen LogP) is 4.23. The van der Waals surface area contributed by atoms with Crippen molar-refractivity contribution < 1.29 is 9.18 Å². The van der Waals surface area contributed by atoms with E-state index in [0.717, 1.165) is 74.2 Å². The molecule has 1 unspecified atom stereocenters. The van der Waals surface area contributed by atoms with E-state index in [2.05, 4.69) is 70.2 Å². The van der Waals surface area contributed by atoms with Crippen LogP contribution in [0, 0.1) is 11.7 Å². The van der Waals surface area contributed by atoms with Gasteiger partial charge < -0.3 is 20.1 Å². The Morgan fingerprint density at radius 3 is 2.81 bits per heavy atom. The molecule has 0 radical (unpaired) electrons. The topological polar surface area (TPSA) is 65.4 Å². The van der Waals surface area contributed by atoms with Gasteiger partial charge >= 0.3 is 0 Å². The Morgan fingerprint density at radius 1 is 1.22 bits per heavy atom. The van der Waals surface area contributed by atoms with E-state index in [1.807, 2.05) is 0 Å². The second kappa shape index (κ2) is 10.4. The number of imidazole rings is 1. The molecular weight excluding hydrogens is 455 g/mol. The molecule has 1 aromatic heterocycles. The van der Waals surface area contributed by atoms with Crippen molar-refractivity contribution in [3.05, 3.63) is 59.6 Å². The second-order valence-electron chi connectivity index (χ2n) is 9.94. The predicted molar refractivity (Wildman–Crippen MR) is 143 cm³/mol. The number of anilines is 2. The number of hydrogen-bond donors (Lipinski definition) is 2. The van der Waals surface area contributed by atoms with Gasteiger partial charge in [0.15, 0.2) is 0 Å². The van der Waals surface area contributed by atoms with Crippen LogP contribution in [0.1, 0.15) is 26.0 Å². The van der Waals surface area contributed by atoms with E-state index in [1.165, 1.54) is 11.6 Å². The summed E-state index contributed by atoms with van der Waals surface area (Å²) >= 11 is 0. The first kappa shape index (κ1) is 24.5. The highest BCUT2D eigenvalue weighted by Gasteiger charge is 2.27. The van der Waals surface area contributed by atoms with Gasteiger partial charge in [0.25, 0.3) is 0 Å². The van der Waals surface area contributed by atoms with Gasteiger partial charge in [-0.05, 0) is 44.2 Å². The van der Waals surface area contributed by atoms with Crippen LogP contribution in [0.2, 0.25) is 0 Å². The molecule has 3 heterocycles. The Hall–Kier alpha value is -3.23. The summed E-state index contributed by atoms with van der Waals surface area (Å²) in [5, 5.41) is 6.20. The zero-order valence-electron chi connectivity index (χ0n) is 21.4. The Morgan fingerprint density at radius 2 is 2.03 bits per heavy atom. The lowest BCUT2D eigenvalue weighted by Gasteiger charge is -2.31. The SMILES string of the molecule is CCC1C=C(C)C=CC=C1c1nc2n(c1-c1ccc(F)c(NC(=O)CN3CCN(C)CC3)c1)CCN2. The lowest BCUT2D eigenvalue weighted by molar-refractivity contribution is -0.117. The van der Waals surface area contributed by atoms with Crippen molar-refractivity contribution in [1.29, 1.82) is 0 Å². The maximum Gasteiger partial charge on any atom is 0.238 e. The minimum Gasteiger partial charge on any atom is -0.354 e. The van der Waals surface area contributed by atoms with Crippen molar-refractivity contribution in [2.45, 2.75) is 26.8 Å². The Labute approximate surface area is 212 Å². The molecule has 3 aliphatic rings. The van der Waals surface area contributed by atoms with E-state index < -0.39 is 5.82 Å². The van der Waals surface area contributed by atoms with E-state index in [4.69, 9.17) is 4.98 Å². The summed E-state index contributed by atoms with van der Waals surface area (Å²) in [6, 6.07) is 4.97. The number of carbonyl (C=O) groups excluding carboxylic acids is 1. The van der Waals surface area contributed by atoms with Crippen LogP contribution in [0.15, 0.2) is 48.1 Å². The van der Waals surface area contributed by atoms with Crippen LogP contribution in [-0.2, 0) is 11.3 Å². The largest absolute Gasteiger partial charge is 0.354 e. The fraction of sp³-hybridized carbons (Fsp3) is 0.429. The van der Waals surface area contributed by atoms with Crippen LogP contribution >= 0.6 is 0 Å². The van der Waals surface area contributed by atoms with Gasteiger partial charge in [0.1, 0.15) is 5.82 Å². The molecule has 1 aliphatic carbocycles. The number of hydrogen-bond acceptors (Lipinski definition) is 5. The Balaban J connectivity index is 1.46. The third kappa shape index (κ3) is 5.01. The molecule has 2 aliphatic heterocycles. The molecule has 2 N–H and O–H groups in total. The summed E-state index contributed by atoms with van der Waals surface area (Å²) in [6.45, 7) is 9.68. The van der Waals surface area contributed by atoms with E-state index in [9.17, 15) is 9.18 Å². The van der Waals surface area contributed by atoms with Gasteiger partial charge in [0, 0.05) is 50.7 Å². The van der Waals surface area contributed by atoms with Crippen molar-refractivity contribution in [1.82, 2.24) is 19.4 Å². The van der Waals surface area contributed by atoms with Gasteiger partial charge in [-0.3, -0.25) is 9.69 Å². The van der Waals surface area contributed by atoms with Gasteiger partial charge in [-0.1, -0.05) is 36.8 Å². The number of carbonyl (C=O) groups is 1. The number of allylic oxidation sites excluding steroid dienone is 6. The van der Waals surface area contributed by atoms with E-state index in [0.29, 0.717) is 0 Å². The highest BCUT2D eigenvalue weighted by atomic mass is 19.1. The quantitative estimate of drug-likeness (QED) is 0.635. The number of fused-ring (bicyclic) bond motifs is 1. The van der Waals surface area contributed by atoms with Crippen LogP contribution in [0.25, 0.3) is 16.8 Å². The molecular formula is C28H35FN6O. The fourth-order valence-electron chi connectivity index (χ4n) is 5.23. The number of amides is 1. The molecule has 1 saturated heterocycles. The van der Waals surface area contributed by atoms with Crippen LogP contribution in [0.5, 0.6) is 0 Å². The van der Waals surface area contributed by atoms with Crippen LogP contribution in [0.4, 0.5) is 16.0 Å².